The second kappa shape index (κ2) is 2.69. The molecule has 0 amide bonds. The Morgan fingerprint density at radius 3 is 2.25 bits per heavy atom. The Kier molecular flexibility index (Phi) is 1.90. The van der Waals surface area contributed by atoms with Crippen LogP contribution in [0.5, 0.6) is 0 Å². The van der Waals surface area contributed by atoms with Crippen molar-refractivity contribution in [2.75, 3.05) is 13.2 Å². The van der Waals surface area contributed by atoms with E-state index in [1.54, 1.807) is 0 Å². The van der Waals surface area contributed by atoms with E-state index in [9.17, 15) is 5.11 Å². The molecule has 2 aliphatic rings. The molecule has 0 radical (unpaired) electrons. The Bertz CT molecular complexity index is 171. The molecule has 70 valence electrons. The summed E-state index contributed by atoms with van der Waals surface area (Å²) in [6.45, 7) is 3.06. The summed E-state index contributed by atoms with van der Waals surface area (Å²) in [7, 11) is 0. The van der Waals surface area contributed by atoms with Crippen LogP contribution < -0.4 is 0 Å². The molecule has 2 rings (SSSR count). The van der Waals surface area contributed by atoms with Crippen LogP contribution in [0, 0.1) is 0 Å². The molecule has 1 spiro atoms. The molecule has 0 bridgehead atoms. The zero-order valence-corrected chi connectivity index (χ0v) is 7.51. The average Bonchev–Trinajstić information content (AvgIpc) is 2.46. The predicted octanol–water partition coefficient (Wildman–Crippen LogP) is 1.05. The van der Waals surface area contributed by atoms with E-state index in [0.29, 0.717) is 13.2 Å². The maximum atomic E-state index is 10.1. The van der Waals surface area contributed by atoms with Gasteiger partial charge in [-0.2, -0.15) is 0 Å². The van der Waals surface area contributed by atoms with E-state index >= 15 is 0 Å². The molecule has 1 heterocycles. The van der Waals surface area contributed by atoms with Gasteiger partial charge in [-0.05, 0) is 19.8 Å². The van der Waals surface area contributed by atoms with Gasteiger partial charge in [0, 0.05) is 6.42 Å². The summed E-state index contributed by atoms with van der Waals surface area (Å²) in [6, 6.07) is 0. The topological polar surface area (TPSA) is 38.7 Å². The van der Waals surface area contributed by atoms with Crippen LogP contribution >= 0.6 is 0 Å². The van der Waals surface area contributed by atoms with Crippen LogP contribution in [0.15, 0.2) is 0 Å². The van der Waals surface area contributed by atoms with Crippen molar-refractivity contribution in [3.63, 3.8) is 0 Å². The lowest BCUT2D eigenvalue weighted by Gasteiger charge is -2.43. The SMILES string of the molecule is CC1(O)CCCCC12OCCO2. The summed E-state index contributed by atoms with van der Waals surface area (Å²) in [5.41, 5.74) is -0.790. The molecule has 12 heavy (non-hydrogen) atoms. The Morgan fingerprint density at radius 1 is 1.08 bits per heavy atom. The first-order valence-electron chi connectivity index (χ1n) is 4.67. The van der Waals surface area contributed by atoms with Gasteiger partial charge in [0.2, 0.25) is 0 Å². The molecule has 1 aliphatic heterocycles. The van der Waals surface area contributed by atoms with Gasteiger partial charge >= 0.3 is 0 Å². The fourth-order valence-corrected chi connectivity index (χ4v) is 2.20. The van der Waals surface area contributed by atoms with Gasteiger partial charge in [0.15, 0.2) is 5.79 Å². The smallest absolute Gasteiger partial charge is 0.197 e. The monoisotopic (exact) mass is 172 g/mol. The van der Waals surface area contributed by atoms with Crippen molar-refractivity contribution in [3.8, 4) is 0 Å². The van der Waals surface area contributed by atoms with Crippen molar-refractivity contribution in [2.24, 2.45) is 0 Å². The predicted molar refractivity (Wildman–Crippen MR) is 43.7 cm³/mol. The summed E-state index contributed by atoms with van der Waals surface area (Å²) < 4.78 is 11.0. The van der Waals surface area contributed by atoms with E-state index in [1.807, 2.05) is 6.92 Å². The van der Waals surface area contributed by atoms with Gasteiger partial charge in [0.05, 0.1) is 13.2 Å². The lowest BCUT2D eigenvalue weighted by molar-refractivity contribution is -0.279. The highest BCUT2D eigenvalue weighted by Gasteiger charge is 2.53. The first-order chi connectivity index (χ1) is 5.66. The third-order valence-electron chi connectivity index (χ3n) is 2.99. The van der Waals surface area contributed by atoms with Gasteiger partial charge in [-0.3, -0.25) is 0 Å². The van der Waals surface area contributed by atoms with Crippen molar-refractivity contribution in [1.29, 1.82) is 0 Å². The molecule has 1 N–H and O–H groups in total. The van der Waals surface area contributed by atoms with Crippen molar-refractivity contribution >= 4 is 0 Å². The molecular weight excluding hydrogens is 156 g/mol. The molecule has 0 aromatic carbocycles. The molecule has 1 aliphatic carbocycles. The van der Waals surface area contributed by atoms with E-state index in [2.05, 4.69) is 0 Å². The van der Waals surface area contributed by atoms with Gasteiger partial charge in [0.1, 0.15) is 5.60 Å². The number of ether oxygens (including phenoxy) is 2. The highest BCUT2D eigenvalue weighted by atomic mass is 16.7. The van der Waals surface area contributed by atoms with Crippen LogP contribution in [0.4, 0.5) is 0 Å². The number of rotatable bonds is 0. The third kappa shape index (κ3) is 1.08. The Balaban J connectivity index is 2.19. The number of aliphatic hydroxyl groups is 1. The molecule has 0 aromatic heterocycles. The Hall–Kier alpha value is -0.120. The second-order valence-electron chi connectivity index (χ2n) is 3.93. The van der Waals surface area contributed by atoms with Gasteiger partial charge in [-0.25, -0.2) is 0 Å². The van der Waals surface area contributed by atoms with Crippen LogP contribution in [0.3, 0.4) is 0 Å². The van der Waals surface area contributed by atoms with E-state index < -0.39 is 11.4 Å². The Labute approximate surface area is 72.7 Å². The minimum Gasteiger partial charge on any atom is -0.385 e. The van der Waals surface area contributed by atoms with Crippen molar-refractivity contribution in [3.05, 3.63) is 0 Å². The molecule has 2 fully saturated rings. The van der Waals surface area contributed by atoms with Crippen LogP contribution in [0.2, 0.25) is 0 Å². The molecule has 1 saturated heterocycles. The fourth-order valence-electron chi connectivity index (χ4n) is 2.20. The fraction of sp³-hybridized carbons (Fsp3) is 1.00. The molecule has 1 unspecified atom stereocenters. The Morgan fingerprint density at radius 2 is 1.67 bits per heavy atom. The maximum Gasteiger partial charge on any atom is 0.197 e. The summed E-state index contributed by atoms with van der Waals surface area (Å²) in [6.07, 6.45) is 3.78. The minimum absolute atomic E-state index is 0.621. The number of hydrogen-bond acceptors (Lipinski definition) is 3. The number of hydrogen-bond donors (Lipinski definition) is 1. The highest BCUT2D eigenvalue weighted by Crippen LogP contribution is 2.42. The molecule has 1 saturated carbocycles. The summed E-state index contributed by atoms with van der Waals surface area (Å²) in [4.78, 5) is 0. The largest absolute Gasteiger partial charge is 0.385 e. The standard InChI is InChI=1S/C9H16O3/c1-8(10)4-2-3-5-9(8)11-6-7-12-9/h10H,2-7H2,1H3. The van der Waals surface area contributed by atoms with Crippen molar-refractivity contribution in [2.45, 2.75) is 44.0 Å². The quantitative estimate of drug-likeness (QED) is 0.593. The summed E-state index contributed by atoms with van der Waals surface area (Å²) >= 11 is 0. The first-order valence-corrected chi connectivity index (χ1v) is 4.67. The van der Waals surface area contributed by atoms with Crippen LogP contribution in [0.25, 0.3) is 0 Å². The van der Waals surface area contributed by atoms with E-state index in [1.165, 1.54) is 0 Å². The van der Waals surface area contributed by atoms with Crippen molar-refractivity contribution < 1.29 is 14.6 Å². The van der Waals surface area contributed by atoms with Crippen molar-refractivity contribution in [1.82, 2.24) is 0 Å². The maximum absolute atomic E-state index is 10.1. The van der Waals surface area contributed by atoms with E-state index in [0.717, 1.165) is 25.7 Å². The molecule has 3 nitrogen and oxygen atoms in total. The van der Waals surface area contributed by atoms with E-state index in [-0.39, 0.29) is 0 Å². The van der Waals surface area contributed by atoms with E-state index in [4.69, 9.17) is 9.47 Å². The normalized spacial score (nSPS) is 40.5. The summed E-state index contributed by atoms with van der Waals surface area (Å²) in [5.74, 6) is -0.675. The zero-order valence-electron chi connectivity index (χ0n) is 7.51. The minimum atomic E-state index is -0.790. The lowest BCUT2D eigenvalue weighted by atomic mass is 9.80. The molecular formula is C9H16O3. The zero-order chi connectivity index (χ0) is 8.66. The summed E-state index contributed by atoms with van der Waals surface area (Å²) in [5, 5.41) is 10.1. The van der Waals surface area contributed by atoms with Crippen LogP contribution in [-0.4, -0.2) is 29.7 Å². The second-order valence-corrected chi connectivity index (χ2v) is 3.93. The molecule has 1 atom stereocenters. The highest BCUT2D eigenvalue weighted by molar-refractivity contribution is 4.96. The van der Waals surface area contributed by atoms with Gasteiger partial charge in [0.25, 0.3) is 0 Å². The van der Waals surface area contributed by atoms with Gasteiger partial charge < -0.3 is 14.6 Å². The lowest BCUT2D eigenvalue weighted by Crippen LogP contribution is -2.55. The molecule has 3 heteroatoms. The third-order valence-corrected chi connectivity index (χ3v) is 2.99. The molecule has 0 aromatic rings. The van der Waals surface area contributed by atoms with Crippen LogP contribution in [-0.2, 0) is 9.47 Å². The van der Waals surface area contributed by atoms with Gasteiger partial charge in [-0.15, -0.1) is 0 Å². The van der Waals surface area contributed by atoms with Gasteiger partial charge in [-0.1, -0.05) is 6.42 Å². The van der Waals surface area contributed by atoms with Crippen LogP contribution in [0.1, 0.15) is 32.6 Å². The first kappa shape index (κ1) is 8.48. The average molecular weight is 172 g/mol.